The van der Waals surface area contributed by atoms with Crippen LogP contribution in [-0.2, 0) is 11.9 Å². The van der Waals surface area contributed by atoms with Crippen molar-refractivity contribution in [2.24, 2.45) is 0 Å². The summed E-state index contributed by atoms with van der Waals surface area (Å²) < 4.78 is 11.4. The third-order valence-corrected chi connectivity index (χ3v) is 3.44. The van der Waals surface area contributed by atoms with Crippen molar-refractivity contribution in [3.05, 3.63) is 53.6 Å². The first kappa shape index (κ1) is 14.7. The van der Waals surface area contributed by atoms with Crippen LogP contribution in [-0.4, -0.2) is 11.7 Å². The van der Waals surface area contributed by atoms with Crippen LogP contribution in [0, 0.1) is 0 Å². The number of hydrogen-bond donors (Lipinski definition) is 1. The lowest BCUT2D eigenvalue weighted by Gasteiger charge is -2.13. The standard InChI is InChI=1S/C16H17BrO3/c1-2-19-16-9-13(10-17)5-8-15(16)20-11-12-3-6-14(18)7-4-12/h3-9,18H,2,10-11H2,1H3. The number of alkyl halides is 1. The molecule has 20 heavy (non-hydrogen) atoms. The molecule has 0 heterocycles. The maximum atomic E-state index is 9.25. The van der Waals surface area contributed by atoms with Crippen molar-refractivity contribution in [1.82, 2.24) is 0 Å². The molecule has 0 radical (unpaired) electrons. The van der Waals surface area contributed by atoms with Crippen molar-refractivity contribution in [2.75, 3.05) is 6.61 Å². The first-order valence-corrected chi connectivity index (χ1v) is 7.57. The predicted molar refractivity (Wildman–Crippen MR) is 82.7 cm³/mol. The summed E-state index contributed by atoms with van der Waals surface area (Å²) in [6, 6.07) is 12.9. The largest absolute Gasteiger partial charge is 0.508 e. The molecule has 0 saturated heterocycles. The molecule has 4 heteroatoms. The fourth-order valence-corrected chi connectivity index (χ4v) is 2.13. The summed E-state index contributed by atoms with van der Waals surface area (Å²) in [6.45, 7) is 2.99. The number of phenolic OH excluding ortho intramolecular Hbond substituents is 1. The summed E-state index contributed by atoms with van der Waals surface area (Å²) in [5.74, 6) is 1.73. The number of phenols is 1. The second kappa shape index (κ2) is 7.20. The summed E-state index contributed by atoms with van der Waals surface area (Å²) in [5, 5.41) is 10.0. The molecular weight excluding hydrogens is 320 g/mol. The van der Waals surface area contributed by atoms with Gasteiger partial charge in [0.2, 0.25) is 0 Å². The number of halogens is 1. The molecule has 0 atom stereocenters. The average molecular weight is 337 g/mol. The number of aromatic hydroxyl groups is 1. The highest BCUT2D eigenvalue weighted by molar-refractivity contribution is 9.08. The lowest BCUT2D eigenvalue weighted by Crippen LogP contribution is -2.00. The Morgan fingerprint density at radius 1 is 0.950 bits per heavy atom. The second-order valence-electron chi connectivity index (χ2n) is 4.30. The molecule has 0 aromatic heterocycles. The van der Waals surface area contributed by atoms with Crippen LogP contribution < -0.4 is 9.47 Å². The second-order valence-corrected chi connectivity index (χ2v) is 4.86. The molecule has 3 nitrogen and oxygen atoms in total. The quantitative estimate of drug-likeness (QED) is 0.801. The molecule has 0 spiro atoms. The zero-order chi connectivity index (χ0) is 14.4. The van der Waals surface area contributed by atoms with Crippen LogP contribution in [0.4, 0.5) is 0 Å². The summed E-state index contributed by atoms with van der Waals surface area (Å²) >= 11 is 3.43. The number of benzene rings is 2. The van der Waals surface area contributed by atoms with Crippen molar-refractivity contribution < 1.29 is 14.6 Å². The van der Waals surface area contributed by atoms with Crippen molar-refractivity contribution in [1.29, 1.82) is 0 Å². The Morgan fingerprint density at radius 2 is 1.65 bits per heavy atom. The van der Waals surface area contributed by atoms with Crippen LogP contribution in [0.3, 0.4) is 0 Å². The van der Waals surface area contributed by atoms with E-state index in [9.17, 15) is 5.11 Å². The molecule has 0 bridgehead atoms. The molecule has 2 aromatic rings. The lowest BCUT2D eigenvalue weighted by molar-refractivity contribution is 0.269. The van der Waals surface area contributed by atoms with E-state index < -0.39 is 0 Å². The molecule has 0 saturated carbocycles. The number of rotatable bonds is 6. The molecule has 0 aliphatic carbocycles. The van der Waals surface area contributed by atoms with Gasteiger partial charge in [0.05, 0.1) is 6.61 Å². The van der Waals surface area contributed by atoms with E-state index in [1.807, 2.05) is 37.3 Å². The first-order valence-electron chi connectivity index (χ1n) is 6.45. The van der Waals surface area contributed by atoms with Crippen LogP contribution in [0.25, 0.3) is 0 Å². The van der Waals surface area contributed by atoms with Crippen molar-refractivity contribution in [2.45, 2.75) is 18.9 Å². The van der Waals surface area contributed by atoms with Gasteiger partial charge in [0.15, 0.2) is 11.5 Å². The molecule has 106 valence electrons. The molecule has 0 fully saturated rings. The van der Waals surface area contributed by atoms with Crippen LogP contribution in [0.2, 0.25) is 0 Å². The van der Waals surface area contributed by atoms with Crippen LogP contribution in [0.1, 0.15) is 18.1 Å². The Balaban J connectivity index is 2.09. The molecule has 2 rings (SSSR count). The first-order chi connectivity index (χ1) is 9.72. The molecule has 1 N–H and O–H groups in total. The van der Waals surface area contributed by atoms with E-state index in [4.69, 9.17) is 9.47 Å². The van der Waals surface area contributed by atoms with E-state index in [1.165, 1.54) is 0 Å². The van der Waals surface area contributed by atoms with E-state index >= 15 is 0 Å². The SMILES string of the molecule is CCOc1cc(CBr)ccc1OCc1ccc(O)cc1. The minimum atomic E-state index is 0.255. The van der Waals surface area contributed by atoms with Gasteiger partial charge in [0, 0.05) is 5.33 Å². The minimum Gasteiger partial charge on any atom is -0.508 e. The maximum Gasteiger partial charge on any atom is 0.161 e. The van der Waals surface area contributed by atoms with E-state index in [0.717, 1.165) is 28.0 Å². The van der Waals surface area contributed by atoms with Crippen LogP contribution in [0.5, 0.6) is 17.2 Å². The Hall–Kier alpha value is -1.68. The molecule has 2 aromatic carbocycles. The summed E-state index contributed by atoms with van der Waals surface area (Å²) in [6.07, 6.45) is 0. The van der Waals surface area contributed by atoms with Crippen molar-refractivity contribution in [3.8, 4) is 17.2 Å². The van der Waals surface area contributed by atoms with Gasteiger partial charge >= 0.3 is 0 Å². The van der Waals surface area contributed by atoms with Crippen molar-refractivity contribution >= 4 is 15.9 Å². The van der Waals surface area contributed by atoms with Gasteiger partial charge in [-0.15, -0.1) is 0 Å². The lowest BCUT2D eigenvalue weighted by atomic mass is 10.2. The highest BCUT2D eigenvalue weighted by atomic mass is 79.9. The Bertz CT molecular complexity index is 552. The normalized spacial score (nSPS) is 10.3. The Kier molecular flexibility index (Phi) is 5.30. The summed E-state index contributed by atoms with van der Waals surface area (Å²) in [4.78, 5) is 0. The highest BCUT2D eigenvalue weighted by Crippen LogP contribution is 2.30. The molecular formula is C16H17BrO3. The molecule has 0 aliphatic heterocycles. The van der Waals surface area contributed by atoms with E-state index in [0.29, 0.717) is 13.2 Å². The van der Waals surface area contributed by atoms with Gasteiger partial charge in [-0.1, -0.05) is 34.1 Å². The third-order valence-electron chi connectivity index (χ3n) is 2.79. The van der Waals surface area contributed by atoms with E-state index in [-0.39, 0.29) is 5.75 Å². The van der Waals surface area contributed by atoms with Crippen molar-refractivity contribution in [3.63, 3.8) is 0 Å². The van der Waals surface area contributed by atoms with Crippen LogP contribution in [0.15, 0.2) is 42.5 Å². The monoisotopic (exact) mass is 336 g/mol. The van der Waals surface area contributed by atoms with Gasteiger partial charge in [-0.25, -0.2) is 0 Å². The molecule has 0 unspecified atom stereocenters. The maximum absolute atomic E-state index is 9.25. The summed E-state index contributed by atoms with van der Waals surface area (Å²) in [5.41, 5.74) is 2.14. The third kappa shape index (κ3) is 3.90. The highest BCUT2D eigenvalue weighted by Gasteiger charge is 2.06. The zero-order valence-corrected chi connectivity index (χ0v) is 12.9. The van der Waals surface area contributed by atoms with Gasteiger partial charge in [0.25, 0.3) is 0 Å². The predicted octanol–water partition coefficient (Wildman–Crippen LogP) is 4.26. The van der Waals surface area contributed by atoms with Gasteiger partial charge in [-0.2, -0.15) is 0 Å². The Morgan fingerprint density at radius 3 is 2.30 bits per heavy atom. The summed E-state index contributed by atoms with van der Waals surface area (Å²) in [7, 11) is 0. The fourth-order valence-electron chi connectivity index (χ4n) is 1.78. The van der Waals surface area contributed by atoms with Gasteiger partial charge in [0.1, 0.15) is 12.4 Å². The zero-order valence-electron chi connectivity index (χ0n) is 11.3. The molecule has 0 amide bonds. The average Bonchev–Trinajstić information content (AvgIpc) is 2.48. The number of ether oxygens (including phenoxy) is 2. The molecule has 0 aliphatic rings. The fraction of sp³-hybridized carbons (Fsp3) is 0.250. The van der Waals surface area contributed by atoms with E-state index in [2.05, 4.69) is 15.9 Å². The van der Waals surface area contributed by atoms with Gasteiger partial charge in [-0.3, -0.25) is 0 Å². The van der Waals surface area contributed by atoms with E-state index in [1.54, 1.807) is 12.1 Å². The van der Waals surface area contributed by atoms with Gasteiger partial charge in [-0.05, 0) is 42.3 Å². The number of hydrogen-bond acceptors (Lipinski definition) is 3. The Labute approximate surface area is 127 Å². The minimum absolute atomic E-state index is 0.255. The topological polar surface area (TPSA) is 38.7 Å². The van der Waals surface area contributed by atoms with Crippen LogP contribution >= 0.6 is 15.9 Å². The van der Waals surface area contributed by atoms with Gasteiger partial charge < -0.3 is 14.6 Å². The smallest absolute Gasteiger partial charge is 0.161 e.